The molecule has 0 radical (unpaired) electrons. The van der Waals surface area contributed by atoms with E-state index in [9.17, 15) is 4.79 Å². The minimum Gasteiger partial charge on any atom is -0.375 e. The van der Waals surface area contributed by atoms with Crippen molar-refractivity contribution in [2.75, 3.05) is 19.7 Å². The number of carbonyl (C=O) groups excluding carboxylic acids is 1. The number of hydrogen-bond donors (Lipinski definition) is 2. The molecule has 110 valence electrons. The number of nitrogens with zero attached hydrogens (tertiary/aromatic N) is 1. The third kappa shape index (κ3) is 3.56. The molecule has 2 heterocycles. The quantitative estimate of drug-likeness (QED) is 0.887. The Morgan fingerprint density at radius 2 is 2.29 bits per heavy atom. The Morgan fingerprint density at radius 1 is 1.38 bits per heavy atom. The summed E-state index contributed by atoms with van der Waals surface area (Å²) in [4.78, 5) is 16.4. The molecule has 1 aromatic heterocycles. The number of carbonyl (C=O) groups is 1. The Kier molecular flexibility index (Phi) is 4.43. The monoisotopic (exact) mass is 285 g/mol. The zero-order valence-corrected chi connectivity index (χ0v) is 11.8. The SMILES string of the molecule is O=C(CC1CNCCO1)NCc1cccc2cccnc12. The second kappa shape index (κ2) is 6.65. The van der Waals surface area contributed by atoms with Gasteiger partial charge in [0.15, 0.2) is 0 Å². The number of rotatable bonds is 4. The lowest BCUT2D eigenvalue weighted by molar-refractivity contribution is -0.124. The van der Waals surface area contributed by atoms with Crippen LogP contribution in [0.25, 0.3) is 10.9 Å². The summed E-state index contributed by atoms with van der Waals surface area (Å²) in [7, 11) is 0. The van der Waals surface area contributed by atoms with E-state index in [0.717, 1.165) is 29.6 Å². The third-order valence-corrected chi connectivity index (χ3v) is 3.61. The topological polar surface area (TPSA) is 63.2 Å². The summed E-state index contributed by atoms with van der Waals surface area (Å²) < 4.78 is 5.54. The number of ether oxygens (including phenoxy) is 1. The van der Waals surface area contributed by atoms with Crippen LogP contribution in [0.1, 0.15) is 12.0 Å². The molecular formula is C16H19N3O2. The summed E-state index contributed by atoms with van der Waals surface area (Å²) >= 11 is 0. The highest BCUT2D eigenvalue weighted by Crippen LogP contribution is 2.15. The Labute approximate surface area is 123 Å². The van der Waals surface area contributed by atoms with Gasteiger partial charge in [-0.15, -0.1) is 0 Å². The van der Waals surface area contributed by atoms with Crippen LogP contribution in [0, 0.1) is 0 Å². The zero-order valence-electron chi connectivity index (χ0n) is 11.8. The van der Waals surface area contributed by atoms with Gasteiger partial charge in [-0.25, -0.2) is 0 Å². The maximum atomic E-state index is 12.0. The van der Waals surface area contributed by atoms with Gasteiger partial charge >= 0.3 is 0 Å². The fourth-order valence-electron chi connectivity index (χ4n) is 2.53. The number of nitrogens with one attached hydrogen (secondary N) is 2. The van der Waals surface area contributed by atoms with Crippen LogP contribution < -0.4 is 10.6 Å². The molecule has 2 N–H and O–H groups in total. The van der Waals surface area contributed by atoms with Crippen molar-refractivity contribution in [3.8, 4) is 0 Å². The van der Waals surface area contributed by atoms with E-state index in [1.54, 1.807) is 6.20 Å². The van der Waals surface area contributed by atoms with Gasteiger partial charge < -0.3 is 15.4 Å². The van der Waals surface area contributed by atoms with E-state index in [1.165, 1.54) is 0 Å². The van der Waals surface area contributed by atoms with Gasteiger partial charge in [-0.3, -0.25) is 9.78 Å². The number of fused-ring (bicyclic) bond motifs is 1. The average molecular weight is 285 g/mol. The molecular weight excluding hydrogens is 266 g/mol. The largest absolute Gasteiger partial charge is 0.375 e. The van der Waals surface area contributed by atoms with Crippen LogP contribution in [0.2, 0.25) is 0 Å². The summed E-state index contributed by atoms with van der Waals surface area (Å²) in [5.41, 5.74) is 1.97. The normalized spacial score (nSPS) is 18.6. The highest BCUT2D eigenvalue weighted by atomic mass is 16.5. The number of morpholine rings is 1. The lowest BCUT2D eigenvalue weighted by Gasteiger charge is -2.23. The smallest absolute Gasteiger partial charge is 0.222 e. The zero-order chi connectivity index (χ0) is 14.5. The minimum absolute atomic E-state index is 0.0108. The van der Waals surface area contributed by atoms with E-state index in [1.807, 2.05) is 30.3 Å². The van der Waals surface area contributed by atoms with Crippen LogP contribution >= 0.6 is 0 Å². The Morgan fingerprint density at radius 3 is 3.14 bits per heavy atom. The number of pyridine rings is 1. The van der Waals surface area contributed by atoms with Gasteiger partial charge in [0.2, 0.25) is 5.91 Å². The molecule has 1 fully saturated rings. The Hall–Kier alpha value is -1.98. The third-order valence-electron chi connectivity index (χ3n) is 3.61. The fraction of sp³-hybridized carbons (Fsp3) is 0.375. The van der Waals surface area contributed by atoms with Crippen molar-refractivity contribution >= 4 is 16.8 Å². The Bertz CT molecular complexity index is 618. The number of hydrogen-bond acceptors (Lipinski definition) is 4. The molecule has 0 bridgehead atoms. The molecule has 0 aliphatic carbocycles. The molecule has 5 heteroatoms. The van der Waals surface area contributed by atoms with E-state index in [-0.39, 0.29) is 12.0 Å². The van der Waals surface area contributed by atoms with Crippen LogP contribution in [0.4, 0.5) is 0 Å². The van der Waals surface area contributed by atoms with Crippen LogP contribution in [-0.2, 0) is 16.1 Å². The lowest BCUT2D eigenvalue weighted by Crippen LogP contribution is -2.41. The van der Waals surface area contributed by atoms with Gasteiger partial charge in [-0.2, -0.15) is 0 Å². The standard InChI is InChI=1S/C16H19N3O2/c20-15(9-14-11-17-7-8-21-14)19-10-13-4-1-3-12-5-2-6-18-16(12)13/h1-6,14,17H,7-11H2,(H,19,20). The van der Waals surface area contributed by atoms with Crippen molar-refractivity contribution in [2.45, 2.75) is 19.1 Å². The molecule has 1 atom stereocenters. The fourth-order valence-corrected chi connectivity index (χ4v) is 2.53. The molecule has 0 saturated carbocycles. The molecule has 1 unspecified atom stereocenters. The van der Waals surface area contributed by atoms with E-state index in [2.05, 4.69) is 15.6 Å². The van der Waals surface area contributed by atoms with Crippen molar-refractivity contribution in [3.05, 3.63) is 42.1 Å². The van der Waals surface area contributed by atoms with E-state index < -0.39 is 0 Å². The summed E-state index contributed by atoms with van der Waals surface area (Å²) in [5.74, 6) is 0.0108. The van der Waals surface area contributed by atoms with Crippen molar-refractivity contribution in [2.24, 2.45) is 0 Å². The van der Waals surface area contributed by atoms with Crippen molar-refractivity contribution in [1.82, 2.24) is 15.6 Å². The molecule has 1 saturated heterocycles. The summed E-state index contributed by atoms with van der Waals surface area (Å²) in [6.07, 6.45) is 2.14. The first-order chi connectivity index (χ1) is 10.3. The van der Waals surface area contributed by atoms with Crippen molar-refractivity contribution in [3.63, 3.8) is 0 Å². The molecule has 1 amide bonds. The van der Waals surface area contributed by atoms with Gasteiger partial charge in [0.1, 0.15) is 0 Å². The van der Waals surface area contributed by atoms with Gasteiger partial charge in [-0.05, 0) is 11.6 Å². The molecule has 0 spiro atoms. The van der Waals surface area contributed by atoms with Crippen LogP contribution in [-0.4, -0.2) is 36.7 Å². The molecule has 3 rings (SSSR count). The van der Waals surface area contributed by atoms with E-state index in [0.29, 0.717) is 19.6 Å². The van der Waals surface area contributed by atoms with Crippen LogP contribution in [0.5, 0.6) is 0 Å². The highest BCUT2D eigenvalue weighted by Gasteiger charge is 2.17. The number of benzene rings is 1. The lowest BCUT2D eigenvalue weighted by atomic mass is 10.1. The number of amides is 1. The molecule has 5 nitrogen and oxygen atoms in total. The van der Waals surface area contributed by atoms with Crippen molar-refractivity contribution in [1.29, 1.82) is 0 Å². The average Bonchev–Trinajstić information content (AvgIpc) is 2.54. The van der Waals surface area contributed by atoms with Gasteiger partial charge in [0, 0.05) is 31.2 Å². The minimum atomic E-state index is -0.0237. The first kappa shape index (κ1) is 14.0. The van der Waals surface area contributed by atoms with Crippen LogP contribution in [0.15, 0.2) is 36.5 Å². The Balaban J connectivity index is 1.59. The second-order valence-electron chi connectivity index (χ2n) is 5.17. The second-order valence-corrected chi connectivity index (χ2v) is 5.17. The van der Waals surface area contributed by atoms with Crippen LogP contribution in [0.3, 0.4) is 0 Å². The van der Waals surface area contributed by atoms with Gasteiger partial charge in [0.05, 0.1) is 24.6 Å². The molecule has 1 aliphatic heterocycles. The number of aromatic nitrogens is 1. The summed E-state index contributed by atoms with van der Waals surface area (Å²) in [6, 6.07) is 9.94. The predicted octanol–water partition coefficient (Wildman–Crippen LogP) is 1.23. The summed E-state index contributed by atoms with van der Waals surface area (Å²) in [5, 5.41) is 7.26. The number of para-hydroxylation sites is 1. The summed E-state index contributed by atoms with van der Waals surface area (Å²) in [6.45, 7) is 2.77. The predicted molar refractivity (Wildman–Crippen MR) is 80.8 cm³/mol. The molecule has 2 aromatic rings. The van der Waals surface area contributed by atoms with E-state index in [4.69, 9.17) is 4.74 Å². The van der Waals surface area contributed by atoms with Gasteiger partial charge in [-0.1, -0.05) is 24.3 Å². The first-order valence-corrected chi connectivity index (χ1v) is 7.24. The molecule has 21 heavy (non-hydrogen) atoms. The maximum absolute atomic E-state index is 12.0. The molecule has 1 aromatic carbocycles. The van der Waals surface area contributed by atoms with Gasteiger partial charge in [0.25, 0.3) is 0 Å². The van der Waals surface area contributed by atoms with E-state index >= 15 is 0 Å². The molecule has 1 aliphatic rings. The maximum Gasteiger partial charge on any atom is 0.222 e. The highest BCUT2D eigenvalue weighted by molar-refractivity contribution is 5.82. The van der Waals surface area contributed by atoms with Crippen molar-refractivity contribution < 1.29 is 9.53 Å². The first-order valence-electron chi connectivity index (χ1n) is 7.24.